The highest BCUT2D eigenvalue weighted by molar-refractivity contribution is 6.07. The van der Waals surface area contributed by atoms with Crippen molar-refractivity contribution in [1.82, 2.24) is 5.32 Å². The van der Waals surface area contributed by atoms with Crippen LogP contribution in [0.15, 0.2) is 42.5 Å². The molecule has 0 radical (unpaired) electrons. The van der Waals surface area contributed by atoms with Crippen LogP contribution < -0.4 is 20.3 Å². The third kappa shape index (κ3) is 4.99. The number of hydrogen-bond donors (Lipinski definition) is 2. The summed E-state index contributed by atoms with van der Waals surface area (Å²) >= 11 is 0. The number of carbonyl (C=O) groups excluding carboxylic acids is 2. The maximum Gasteiger partial charge on any atom is 0.259 e. The highest BCUT2D eigenvalue weighted by atomic mass is 16.5. The van der Waals surface area contributed by atoms with E-state index in [1.165, 1.54) is 7.11 Å². The van der Waals surface area contributed by atoms with Crippen LogP contribution in [0, 0.1) is 0 Å². The number of para-hydroxylation sites is 1. The lowest BCUT2D eigenvalue weighted by Gasteiger charge is -2.22. The van der Waals surface area contributed by atoms with Gasteiger partial charge in [0, 0.05) is 37.6 Å². The van der Waals surface area contributed by atoms with Crippen molar-refractivity contribution in [2.24, 2.45) is 0 Å². The summed E-state index contributed by atoms with van der Waals surface area (Å²) in [4.78, 5) is 28.1. The van der Waals surface area contributed by atoms with Crippen molar-refractivity contribution in [3.05, 3.63) is 53.6 Å². The van der Waals surface area contributed by atoms with Gasteiger partial charge in [0.1, 0.15) is 5.75 Å². The van der Waals surface area contributed by atoms with Gasteiger partial charge in [0.2, 0.25) is 0 Å². The zero-order valence-electron chi connectivity index (χ0n) is 17.9. The maximum absolute atomic E-state index is 13.1. The third-order valence-corrected chi connectivity index (χ3v) is 5.81. The fraction of sp³-hybridized carbons (Fsp3) is 0.417. The smallest absolute Gasteiger partial charge is 0.259 e. The monoisotopic (exact) mass is 423 g/mol. The number of amides is 2. The van der Waals surface area contributed by atoms with Gasteiger partial charge in [-0.2, -0.15) is 0 Å². The van der Waals surface area contributed by atoms with Crippen LogP contribution in [-0.4, -0.2) is 51.3 Å². The van der Waals surface area contributed by atoms with Gasteiger partial charge in [-0.25, -0.2) is 0 Å². The number of anilines is 2. The molecule has 0 aromatic heterocycles. The normalized spacial score (nSPS) is 18.1. The molecule has 0 saturated carbocycles. The molecule has 4 rings (SSSR count). The van der Waals surface area contributed by atoms with E-state index in [1.54, 1.807) is 24.3 Å². The van der Waals surface area contributed by atoms with E-state index in [9.17, 15) is 9.59 Å². The summed E-state index contributed by atoms with van der Waals surface area (Å²) in [6.45, 7) is 3.11. The zero-order chi connectivity index (χ0) is 21.6. The molecule has 1 unspecified atom stereocenters. The first-order valence-electron chi connectivity index (χ1n) is 10.9. The van der Waals surface area contributed by atoms with Gasteiger partial charge < -0.3 is 25.0 Å². The Hall–Kier alpha value is -3.06. The van der Waals surface area contributed by atoms with Crippen LogP contribution >= 0.6 is 0 Å². The van der Waals surface area contributed by atoms with Gasteiger partial charge >= 0.3 is 0 Å². The number of hydrogen-bond acceptors (Lipinski definition) is 5. The van der Waals surface area contributed by atoms with E-state index in [2.05, 4.69) is 15.5 Å². The minimum Gasteiger partial charge on any atom is -0.496 e. The van der Waals surface area contributed by atoms with Gasteiger partial charge in [0.25, 0.3) is 11.8 Å². The van der Waals surface area contributed by atoms with Crippen LogP contribution in [0.2, 0.25) is 0 Å². The molecule has 2 aromatic rings. The molecule has 2 amide bonds. The number of ether oxygens (including phenoxy) is 2. The van der Waals surface area contributed by atoms with E-state index >= 15 is 0 Å². The summed E-state index contributed by atoms with van der Waals surface area (Å²) in [6.07, 6.45) is 4.30. The molecule has 2 aliphatic heterocycles. The van der Waals surface area contributed by atoms with E-state index in [0.717, 1.165) is 51.1 Å². The molecule has 0 bridgehead atoms. The van der Waals surface area contributed by atoms with Crippen molar-refractivity contribution in [3.8, 4) is 5.75 Å². The van der Waals surface area contributed by atoms with Crippen LogP contribution in [-0.2, 0) is 4.74 Å². The predicted octanol–water partition coefficient (Wildman–Crippen LogP) is 3.46. The Morgan fingerprint density at radius 3 is 2.61 bits per heavy atom. The molecular formula is C24H29N3O4. The standard InChI is InChI=1S/C24H29N3O4/c1-30-22-9-3-2-8-19(22)24(29)26-17-10-11-21(27-12-4-5-13-27)20(15-17)23(28)25-16-18-7-6-14-31-18/h2-3,8-11,15,18H,4-7,12-14,16H2,1H3,(H,25,28)(H,26,29). The largest absolute Gasteiger partial charge is 0.496 e. The van der Waals surface area contributed by atoms with Gasteiger partial charge in [-0.05, 0) is 56.0 Å². The summed E-state index contributed by atoms with van der Waals surface area (Å²) in [5.74, 6) is 0.0751. The molecular weight excluding hydrogens is 394 g/mol. The van der Waals surface area contributed by atoms with Gasteiger partial charge in [-0.1, -0.05) is 12.1 Å². The van der Waals surface area contributed by atoms with Crippen LogP contribution in [0.5, 0.6) is 5.75 Å². The fourth-order valence-corrected chi connectivity index (χ4v) is 4.17. The topological polar surface area (TPSA) is 79.9 Å². The van der Waals surface area contributed by atoms with Crippen molar-refractivity contribution >= 4 is 23.2 Å². The molecule has 7 nitrogen and oxygen atoms in total. The Morgan fingerprint density at radius 1 is 1.06 bits per heavy atom. The Labute approximate surface area is 182 Å². The van der Waals surface area contributed by atoms with Crippen LogP contribution in [0.4, 0.5) is 11.4 Å². The molecule has 0 aliphatic carbocycles. The van der Waals surface area contributed by atoms with Crippen molar-refractivity contribution in [2.75, 3.05) is 43.6 Å². The summed E-state index contributed by atoms with van der Waals surface area (Å²) in [6, 6.07) is 12.6. The second kappa shape index (κ2) is 9.83. The SMILES string of the molecule is COc1ccccc1C(=O)Nc1ccc(N2CCCC2)c(C(=O)NCC2CCCO2)c1. The van der Waals surface area contributed by atoms with E-state index in [4.69, 9.17) is 9.47 Å². The number of carbonyl (C=O) groups is 2. The first-order chi connectivity index (χ1) is 15.2. The molecule has 2 aromatic carbocycles. The van der Waals surface area contributed by atoms with Gasteiger partial charge in [0.05, 0.1) is 24.3 Å². The molecule has 2 aliphatic rings. The second-order valence-electron chi connectivity index (χ2n) is 7.93. The fourth-order valence-electron chi connectivity index (χ4n) is 4.17. The molecule has 0 spiro atoms. The predicted molar refractivity (Wildman–Crippen MR) is 120 cm³/mol. The molecule has 2 heterocycles. The lowest BCUT2D eigenvalue weighted by molar-refractivity contribution is 0.0858. The maximum atomic E-state index is 13.1. The molecule has 164 valence electrons. The number of nitrogens with zero attached hydrogens (tertiary/aromatic N) is 1. The summed E-state index contributed by atoms with van der Waals surface area (Å²) in [7, 11) is 1.54. The van der Waals surface area contributed by atoms with E-state index < -0.39 is 0 Å². The molecule has 1 atom stereocenters. The van der Waals surface area contributed by atoms with Crippen molar-refractivity contribution in [3.63, 3.8) is 0 Å². The van der Waals surface area contributed by atoms with Crippen molar-refractivity contribution in [1.29, 1.82) is 0 Å². The highest BCUT2D eigenvalue weighted by Crippen LogP contribution is 2.28. The number of rotatable bonds is 7. The van der Waals surface area contributed by atoms with E-state index in [-0.39, 0.29) is 17.9 Å². The number of nitrogens with one attached hydrogen (secondary N) is 2. The molecule has 2 fully saturated rings. The van der Waals surface area contributed by atoms with Crippen LogP contribution in [0.1, 0.15) is 46.4 Å². The molecule has 7 heteroatoms. The third-order valence-electron chi connectivity index (χ3n) is 5.81. The summed E-state index contributed by atoms with van der Waals surface area (Å²) in [5, 5.41) is 5.91. The quantitative estimate of drug-likeness (QED) is 0.713. The second-order valence-corrected chi connectivity index (χ2v) is 7.93. The van der Waals surface area contributed by atoms with Crippen LogP contribution in [0.25, 0.3) is 0 Å². The Balaban J connectivity index is 1.55. The van der Waals surface area contributed by atoms with Gasteiger partial charge in [-0.15, -0.1) is 0 Å². The number of methoxy groups -OCH3 is 1. The summed E-state index contributed by atoms with van der Waals surface area (Å²) < 4.78 is 10.9. The van der Waals surface area contributed by atoms with Gasteiger partial charge in [-0.3, -0.25) is 9.59 Å². The van der Waals surface area contributed by atoms with Gasteiger partial charge in [0.15, 0.2) is 0 Å². The van der Waals surface area contributed by atoms with Crippen LogP contribution in [0.3, 0.4) is 0 Å². The van der Waals surface area contributed by atoms with E-state index in [1.807, 2.05) is 18.2 Å². The van der Waals surface area contributed by atoms with E-state index in [0.29, 0.717) is 29.1 Å². The zero-order valence-corrected chi connectivity index (χ0v) is 17.9. The average molecular weight is 424 g/mol. The Kier molecular flexibility index (Phi) is 6.72. The average Bonchev–Trinajstić information content (AvgIpc) is 3.51. The lowest BCUT2D eigenvalue weighted by atomic mass is 10.1. The lowest BCUT2D eigenvalue weighted by Crippen LogP contribution is -2.33. The summed E-state index contributed by atoms with van der Waals surface area (Å²) in [5.41, 5.74) is 2.48. The molecule has 2 saturated heterocycles. The Bertz CT molecular complexity index is 934. The molecule has 2 N–H and O–H groups in total. The molecule has 31 heavy (non-hydrogen) atoms. The number of benzene rings is 2. The first-order valence-corrected chi connectivity index (χ1v) is 10.9. The van der Waals surface area contributed by atoms with Crippen molar-refractivity contribution < 1.29 is 19.1 Å². The first kappa shape index (κ1) is 21.2. The van der Waals surface area contributed by atoms with Crippen molar-refractivity contribution in [2.45, 2.75) is 31.8 Å². The minimum absolute atomic E-state index is 0.0765. The minimum atomic E-state index is -0.280. The highest BCUT2D eigenvalue weighted by Gasteiger charge is 2.22. The Morgan fingerprint density at radius 2 is 1.87 bits per heavy atom.